The largest absolute Gasteiger partial charge is 0.351 e. The van der Waals surface area contributed by atoms with Crippen molar-refractivity contribution in [2.75, 3.05) is 19.6 Å². The van der Waals surface area contributed by atoms with E-state index in [0.717, 1.165) is 5.69 Å². The second-order valence-corrected chi connectivity index (χ2v) is 3.98. The van der Waals surface area contributed by atoms with Crippen molar-refractivity contribution in [3.63, 3.8) is 0 Å². The van der Waals surface area contributed by atoms with E-state index in [1.54, 1.807) is 11.8 Å². The van der Waals surface area contributed by atoms with Gasteiger partial charge in [-0.2, -0.15) is 5.10 Å². The molecular weight excluding hydrogens is 232 g/mol. The van der Waals surface area contributed by atoms with Crippen LogP contribution in [0.1, 0.15) is 36.3 Å². The van der Waals surface area contributed by atoms with Gasteiger partial charge in [0.05, 0.1) is 11.8 Å². The number of nitrogens with zero attached hydrogens (tertiary/aromatic N) is 2. The number of hydrogen-bond acceptors (Lipinski definition) is 3. The molecule has 0 bridgehead atoms. The summed E-state index contributed by atoms with van der Waals surface area (Å²) in [7, 11) is 0. The highest BCUT2D eigenvalue weighted by atomic mass is 16.2. The first-order valence-corrected chi connectivity index (χ1v) is 6.16. The number of rotatable bonds is 6. The number of amides is 2. The number of nitrogens with one attached hydrogen (secondary N) is 2. The van der Waals surface area contributed by atoms with Gasteiger partial charge in [0.25, 0.3) is 5.91 Å². The first-order valence-electron chi connectivity index (χ1n) is 6.16. The molecule has 0 spiro atoms. The third kappa shape index (κ3) is 3.58. The van der Waals surface area contributed by atoms with Crippen LogP contribution in [0.3, 0.4) is 0 Å². The second kappa shape index (κ2) is 6.78. The summed E-state index contributed by atoms with van der Waals surface area (Å²) in [6, 6.07) is 0. The molecule has 0 atom stereocenters. The molecule has 0 fully saturated rings. The van der Waals surface area contributed by atoms with E-state index in [0.29, 0.717) is 31.6 Å². The highest BCUT2D eigenvalue weighted by Gasteiger charge is 2.12. The maximum absolute atomic E-state index is 11.7. The molecule has 0 saturated carbocycles. The van der Waals surface area contributed by atoms with Gasteiger partial charge in [0.15, 0.2) is 0 Å². The van der Waals surface area contributed by atoms with Crippen LogP contribution in [0.2, 0.25) is 0 Å². The van der Waals surface area contributed by atoms with Crippen LogP contribution in [0, 0.1) is 6.92 Å². The molecule has 18 heavy (non-hydrogen) atoms. The van der Waals surface area contributed by atoms with E-state index in [2.05, 4.69) is 15.5 Å². The Hall–Kier alpha value is -1.85. The fourth-order valence-electron chi connectivity index (χ4n) is 1.69. The zero-order chi connectivity index (χ0) is 13.5. The minimum atomic E-state index is -0.200. The Labute approximate surface area is 107 Å². The van der Waals surface area contributed by atoms with Crippen molar-refractivity contribution in [2.45, 2.75) is 27.2 Å². The van der Waals surface area contributed by atoms with Crippen LogP contribution in [-0.2, 0) is 4.79 Å². The van der Waals surface area contributed by atoms with Crippen molar-refractivity contribution < 1.29 is 9.59 Å². The predicted molar refractivity (Wildman–Crippen MR) is 68.2 cm³/mol. The van der Waals surface area contributed by atoms with Crippen LogP contribution in [0.25, 0.3) is 0 Å². The van der Waals surface area contributed by atoms with E-state index >= 15 is 0 Å². The molecule has 0 aliphatic carbocycles. The van der Waals surface area contributed by atoms with Crippen LogP contribution in [0.4, 0.5) is 0 Å². The van der Waals surface area contributed by atoms with Crippen LogP contribution < -0.4 is 5.32 Å². The minimum absolute atomic E-state index is 0.0595. The Morgan fingerprint density at radius 3 is 2.56 bits per heavy atom. The third-order valence-corrected chi connectivity index (χ3v) is 2.82. The molecule has 6 nitrogen and oxygen atoms in total. The number of carbonyl (C=O) groups is 2. The summed E-state index contributed by atoms with van der Waals surface area (Å²) in [6.07, 6.45) is 1.81. The van der Waals surface area contributed by atoms with E-state index < -0.39 is 0 Å². The molecule has 0 radical (unpaired) electrons. The van der Waals surface area contributed by atoms with Crippen LogP contribution in [0.15, 0.2) is 6.20 Å². The summed E-state index contributed by atoms with van der Waals surface area (Å²) in [6.45, 7) is 7.40. The lowest BCUT2D eigenvalue weighted by Gasteiger charge is -2.18. The monoisotopic (exact) mass is 252 g/mol. The molecule has 2 amide bonds. The molecule has 1 heterocycles. The van der Waals surface area contributed by atoms with E-state index in [1.165, 1.54) is 6.20 Å². The van der Waals surface area contributed by atoms with E-state index in [9.17, 15) is 9.59 Å². The summed E-state index contributed by atoms with van der Waals surface area (Å²) >= 11 is 0. The summed E-state index contributed by atoms with van der Waals surface area (Å²) in [5, 5.41) is 9.19. The number of carbonyl (C=O) groups excluding carboxylic acids is 2. The predicted octanol–water partition coefficient (Wildman–Crippen LogP) is 0.706. The van der Waals surface area contributed by atoms with Crippen molar-refractivity contribution in [1.82, 2.24) is 20.4 Å². The van der Waals surface area contributed by atoms with Crippen LogP contribution >= 0.6 is 0 Å². The number of aromatic nitrogens is 2. The average Bonchev–Trinajstić information content (AvgIpc) is 2.77. The highest BCUT2D eigenvalue weighted by molar-refractivity contribution is 5.95. The van der Waals surface area contributed by atoms with Crippen molar-refractivity contribution in [3.8, 4) is 0 Å². The SMILES string of the molecule is CCN(CC)C(=O)CCNC(=O)c1cn[nH]c1C. The van der Waals surface area contributed by atoms with Crippen molar-refractivity contribution in [1.29, 1.82) is 0 Å². The average molecular weight is 252 g/mol. The molecule has 2 N–H and O–H groups in total. The summed E-state index contributed by atoms with van der Waals surface area (Å²) < 4.78 is 0. The van der Waals surface area contributed by atoms with E-state index in [1.807, 2.05) is 13.8 Å². The first kappa shape index (κ1) is 14.2. The highest BCUT2D eigenvalue weighted by Crippen LogP contribution is 2.01. The maximum atomic E-state index is 11.7. The van der Waals surface area contributed by atoms with Gasteiger partial charge in [-0.05, 0) is 20.8 Å². The first-order chi connectivity index (χ1) is 8.60. The zero-order valence-electron chi connectivity index (χ0n) is 11.1. The molecule has 1 aromatic rings. The molecule has 1 rings (SSSR count). The normalized spacial score (nSPS) is 10.2. The van der Waals surface area contributed by atoms with E-state index in [-0.39, 0.29) is 11.8 Å². The van der Waals surface area contributed by atoms with Gasteiger partial charge in [-0.3, -0.25) is 14.7 Å². The number of aromatic amines is 1. The number of aryl methyl sites for hydroxylation is 1. The molecule has 0 aromatic carbocycles. The topological polar surface area (TPSA) is 78.1 Å². The Bertz CT molecular complexity index is 410. The zero-order valence-corrected chi connectivity index (χ0v) is 11.1. The summed E-state index contributed by atoms with van der Waals surface area (Å²) in [4.78, 5) is 25.2. The third-order valence-electron chi connectivity index (χ3n) is 2.82. The van der Waals surface area contributed by atoms with Crippen LogP contribution in [0.5, 0.6) is 0 Å². The standard InChI is InChI=1S/C12H20N4O2/c1-4-16(5-2)11(17)6-7-13-12(18)10-8-14-15-9(10)3/h8H,4-7H2,1-3H3,(H,13,18)(H,14,15). The van der Waals surface area contributed by atoms with Crippen molar-refractivity contribution in [2.24, 2.45) is 0 Å². The van der Waals surface area contributed by atoms with Crippen LogP contribution in [-0.4, -0.2) is 46.5 Å². The van der Waals surface area contributed by atoms with Gasteiger partial charge in [-0.1, -0.05) is 0 Å². The lowest BCUT2D eigenvalue weighted by atomic mass is 10.2. The maximum Gasteiger partial charge on any atom is 0.254 e. The quantitative estimate of drug-likeness (QED) is 0.782. The Balaban J connectivity index is 2.36. The van der Waals surface area contributed by atoms with Gasteiger partial charge < -0.3 is 10.2 Å². The minimum Gasteiger partial charge on any atom is -0.351 e. The van der Waals surface area contributed by atoms with Crippen molar-refractivity contribution >= 4 is 11.8 Å². The van der Waals surface area contributed by atoms with Gasteiger partial charge in [0.2, 0.25) is 5.91 Å². The van der Waals surface area contributed by atoms with Gasteiger partial charge in [-0.25, -0.2) is 0 Å². The smallest absolute Gasteiger partial charge is 0.254 e. The van der Waals surface area contributed by atoms with Gasteiger partial charge in [0.1, 0.15) is 0 Å². The summed E-state index contributed by atoms with van der Waals surface area (Å²) in [5.41, 5.74) is 1.24. The summed E-state index contributed by atoms with van der Waals surface area (Å²) in [5.74, 6) is -0.141. The molecule has 0 saturated heterocycles. The number of hydrogen-bond donors (Lipinski definition) is 2. The Kier molecular flexibility index (Phi) is 5.35. The fraction of sp³-hybridized carbons (Fsp3) is 0.583. The van der Waals surface area contributed by atoms with Gasteiger partial charge >= 0.3 is 0 Å². The Morgan fingerprint density at radius 1 is 1.39 bits per heavy atom. The Morgan fingerprint density at radius 2 is 2.06 bits per heavy atom. The molecule has 0 aliphatic rings. The molecule has 0 unspecified atom stereocenters. The van der Waals surface area contributed by atoms with Crippen molar-refractivity contribution in [3.05, 3.63) is 17.5 Å². The van der Waals surface area contributed by atoms with Gasteiger partial charge in [-0.15, -0.1) is 0 Å². The molecular formula is C12H20N4O2. The lowest BCUT2D eigenvalue weighted by Crippen LogP contribution is -2.34. The molecule has 1 aromatic heterocycles. The van der Waals surface area contributed by atoms with E-state index in [4.69, 9.17) is 0 Å². The molecule has 0 aliphatic heterocycles. The lowest BCUT2D eigenvalue weighted by molar-refractivity contribution is -0.130. The second-order valence-electron chi connectivity index (χ2n) is 3.98. The fourth-order valence-corrected chi connectivity index (χ4v) is 1.69. The number of H-pyrrole nitrogens is 1. The molecule has 6 heteroatoms. The van der Waals surface area contributed by atoms with Gasteiger partial charge in [0, 0.05) is 31.7 Å². The molecule has 100 valence electrons.